The summed E-state index contributed by atoms with van der Waals surface area (Å²) in [6.07, 6.45) is 0. The highest BCUT2D eigenvalue weighted by atomic mass is 15.2. The molecule has 8 aromatic carbocycles. The Morgan fingerprint density at radius 2 is 0.889 bits per heavy atom. The summed E-state index contributed by atoms with van der Waals surface area (Å²) in [4.78, 5) is 11.0. The predicted molar refractivity (Wildman–Crippen MR) is 225 cm³/mol. The van der Waals surface area contributed by atoms with Crippen molar-refractivity contribution in [3.8, 4) is 50.7 Å². The summed E-state index contributed by atoms with van der Waals surface area (Å²) >= 11 is 0. The van der Waals surface area contributed by atoms with Crippen molar-refractivity contribution in [2.24, 2.45) is 0 Å². The van der Waals surface area contributed by atoms with E-state index >= 15 is 0 Å². The van der Waals surface area contributed by atoms with Gasteiger partial charge in [0.1, 0.15) is 0 Å². The van der Waals surface area contributed by atoms with Crippen molar-refractivity contribution >= 4 is 43.4 Å². The Morgan fingerprint density at radius 1 is 0.407 bits per heavy atom. The SMILES string of the molecule is CC1(C)c2ccccc2-c2cccc(-c3cccc4c5c6ccccc6c6ccccc6c5n(-c5nc(-c6ccccc6)cc(-c6ccccc6)n5)c34)c21. The Hall–Kier alpha value is -6.84. The minimum Gasteiger partial charge on any atom is -0.277 e. The van der Waals surface area contributed by atoms with E-state index in [1.807, 2.05) is 0 Å². The Morgan fingerprint density at radius 3 is 1.57 bits per heavy atom. The predicted octanol–water partition coefficient (Wildman–Crippen LogP) is 13.2. The molecule has 0 saturated heterocycles. The first-order valence-electron chi connectivity index (χ1n) is 18.7. The number of para-hydroxylation sites is 1. The third-order valence-electron chi connectivity index (χ3n) is 11.6. The molecular formula is C51H35N3. The Bertz CT molecular complexity index is 3060. The van der Waals surface area contributed by atoms with Crippen molar-refractivity contribution in [1.29, 1.82) is 0 Å². The van der Waals surface area contributed by atoms with Crippen LogP contribution in [0.15, 0.2) is 176 Å². The van der Waals surface area contributed by atoms with Crippen LogP contribution in [0, 0.1) is 0 Å². The smallest absolute Gasteiger partial charge is 0.235 e. The lowest BCUT2D eigenvalue weighted by molar-refractivity contribution is 0.662. The van der Waals surface area contributed by atoms with E-state index in [9.17, 15) is 0 Å². The number of benzene rings is 8. The van der Waals surface area contributed by atoms with Crippen molar-refractivity contribution in [1.82, 2.24) is 14.5 Å². The molecule has 0 spiro atoms. The molecule has 0 unspecified atom stereocenters. The lowest BCUT2D eigenvalue weighted by Crippen LogP contribution is -2.16. The molecule has 0 N–H and O–H groups in total. The molecule has 3 heteroatoms. The van der Waals surface area contributed by atoms with Gasteiger partial charge in [0.15, 0.2) is 0 Å². The molecule has 10 aromatic rings. The van der Waals surface area contributed by atoms with E-state index in [0.29, 0.717) is 5.95 Å². The van der Waals surface area contributed by atoms with Crippen molar-refractivity contribution in [2.45, 2.75) is 19.3 Å². The normalized spacial score (nSPS) is 13.1. The van der Waals surface area contributed by atoms with Crippen LogP contribution in [0.25, 0.3) is 94.1 Å². The van der Waals surface area contributed by atoms with Gasteiger partial charge in [0, 0.05) is 38.3 Å². The highest BCUT2D eigenvalue weighted by Crippen LogP contribution is 2.53. The number of fused-ring (bicyclic) bond motifs is 11. The van der Waals surface area contributed by atoms with E-state index in [2.05, 4.69) is 194 Å². The monoisotopic (exact) mass is 689 g/mol. The molecule has 2 heterocycles. The van der Waals surface area contributed by atoms with Crippen LogP contribution in [-0.2, 0) is 5.41 Å². The van der Waals surface area contributed by atoms with Gasteiger partial charge >= 0.3 is 0 Å². The van der Waals surface area contributed by atoms with Crippen molar-refractivity contribution < 1.29 is 0 Å². The molecule has 0 atom stereocenters. The van der Waals surface area contributed by atoms with Crippen LogP contribution < -0.4 is 0 Å². The van der Waals surface area contributed by atoms with E-state index in [0.717, 1.165) is 33.5 Å². The number of rotatable bonds is 4. The Kier molecular flexibility index (Phi) is 6.60. The van der Waals surface area contributed by atoms with Gasteiger partial charge in [-0.1, -0.05) is 184 Å². The van der Waals surface area contributed by atoms with Crippen molar-refractivity contribution in [2.75, 3.05) is 0 Å². The van der Waals surface area contributed by atoms with Crippen LogP contribution in [0.3, 0.4) is 0 Å². The lowest BCUT2D eigenvalue weighted by atomic mass is 9.78. The van der Waals surface area contributed by atoms with E-state index in [1.54, 1.807) is 0 Å². The maximum atomic E-state index is 5.48. The molecule has 0 aliphatic heterocycles. The fourth-order valence-electron chi connectivity index (χ4n) is 9.26. The topological polar surface area (TPSA) is 30.7 Å². The van der Waals surface area contributed by atoms with Crippen molar-refractivity contribution in [3.05, 3.63) is 187 Å². The second kappa shape index (κ2) is 11.6. The molecule has 0 fully saturated rings. The number of nitrogens with zero attached hydrogens (tertiary/aromatic N) is 3. The van der Waals surface area contributed by atoms with Gasteiger partial charge in [-0.3, -0.25) is 4.57 Å². The first-order chi connectivity index (χ1) is 26.6. The molecule has 1 aliphatic rings. The number of hydrogen-bond donors (Lipinski definition) is 0. The average Bonchev–Trinajstić information content (AvgIpc) is 3.71. The summed E-state index contributed by atoms with van der Waals surface area (Å²) in [5.41, 5.74) is 13.7. The van der Waals surface area contributed by atoms with E-state index in [4.69, 9.17) is 9.97 Å². The summed E-state index contributed by atoms with van der Waals surface area (Å²) in [5.74, 6) is 0.651. The van der Waals surface area contributed by atoms with Crippen LogP contribution in [0.5, 0.6) is 0 Å². The first kappa shape index (κ1) is 30.8. The van der Waals surface area contributed by atoms with Gasteiger partial charge in [-0.05, 0) is 50.0 Å². The fourth-order valence-corrected chi connectivity index (χ4v) is 9.26. The van der Waals surface area contributed by atoms with E-state index in [1.165, 1.54) is 65.7 Å². The summed E-state index contributed by atoms with van der Waals surface area (Å²) in [7, 11) is 0. The van der Waals surface area contributed by atoms with E-state index in [-0.39, 0.29) is 5.41 Å². The molecule has 1 aliphatic carbocycles. The highest BCUT2D eigenvalue weighted by molar-refractivity contribution is 6.33. The molecule has 254 valence electrons. The first-order valence-corrected chi connectivity index (χ1v) is 18.7. The summed E-state index contributed by atoms with van der Waals surface area (Å²) in [6, 6.07) is 63.3. The zero-order valence-electron chi connectivity index (χ0n) is 30.1. The highest BCUT2D eigenvalue weighted by Gasteiger charge is 2.38. The molecule has 0 saturated carbocycles. The minimum absolute atomic E-state index is 0.189. The molecule has 54 heavy (non-hydrogen) atoms. The van der Waals surface area contributed by atoms with E-state index < -0.39 is 0 Å². The zero-order valence-corrected chi connectivity index (χ0v) is 30.1. The van der Waals surface area contributed by atoms with Gasteiger partial charge in [0.25, 0.3) is 0 Å². The maximum Gasteiger partial charge on any atom is 0.235 e. The number of aromatic nitrogens is 3. The van der Waals surface area contributed by atoms with Gasteiger partial charge in [0.2, 0.25) is 5.95 Å². The third-order valence-corrected chi connectivity index (χ3v) is 11.6. The summed E-state index contributed by atoms with van der Waals surface area (Å²) in [6.45, 7) is 4.74. The minimum atomic E-state index is -0.189. The van der Waals surface area contributed by atoms with Gasteiger partial charge in [-0.2, -0.15) is 0 Å². The van der Waals surface area contributed by atoms with Gasteiger partial charge < -0.3 is 0 Å². The van der Waals surface area contributed by atoms with Crippen LogP contribution >= 0.6 is 0 Å². The Labute approximate surface area is 313 Å². The largest absolute Gasteiger partial charge is 0.277 e. The molecule has 2 aromatic heterocycles. The Balaban J connectivity index is 1.34. The van der Waals surface area contributed by atoms with Crippen LogP contribution in [-0.4, -0.2) is 14.5 Å². The second-order valence-corrected chi connectivity index (χ2v) is 14.9. The molecular weight excluding hydrogens is 655 g/mol. The van der Waals surface area contributed by atoms with Crippen LogP contribution in [0.2, 0.25) is 0 Å². The number of hydrogen-bond acceptors (Lipinski definition) is 2. The molecule has 0 radical (unpaired) electrons. The van der Waals surface area contributed by atoms with Crippen LogP contribution in [0.1, 0.15) is 25.0 Å². The van der Waals surface area contributed by atoms with Gasteiger partial charge in [-0.15, -0.1) is 0 Å². The van der Waals surface area contributed by atoms with Gasteiger partial charge in [-0.25, -0.2) is 9.97 Å². The zero-order chi connectivity index (χ0) is 36.0. The quantitative estimate of drug-likeness (QED) is 0.172. The second-order valence-electron chi connectivity index (χ2n) is 14.9. The van der Waals surface area contributed by atoms with Crippen LogP contribution in [0.4, 0.5) is 0 Å². The summed E-state index contributed by atoms with van der Waals surface area (Å²) < 4.78 is 2.38. The fraction of sp³-hybridized carbons (Fsp3) is 0.0588. The molecule has 0 amide bonds. The average molecular weight is 690 g/mol. The van der Waals surface area contributed by atoms with Gasteiger partial charge in [0.05, 0.1) is 22.4 Å². The lowest BCUT2D eigenvalue weighted by Gasteiger charge is -2.25. The van der Waals surface area contributed by atoms with Crippen molar-refractivity contribution in [3.63, 3.8) is 0 Å². The standard InChI is InChI=1S/C51H35N3/c1-51(2)43-30-14-13-23-36(43)38-26-15-27-39(47(38)51)41-28-16-29-42-46-37-24-11-9-21-34(37)35-22-10-12-25-40(35)49(46)54(48(41)42)50-52-44(32-17-5-3-6-18-32)31-45(53-50)33-19-7-4-8-20-33/h3-31H,1-2H3. The third kappa shape index (κ3) is 4.36. The molecule has 3 nitrogen and oxygen atoms in total. The molecule has 0 bridgehead atoms. The maximum absolute atomic E-state index is 5.48. The summed E-state index contributed by atoms with van der Waals surface area (Å²) in [5, 5.41) is 7.25. The molecule has 11 rings (SSSR count).